The molecule has 0 aliphatic heterocycles. The summed E-state index contributed by atoms with van der Waals surface area (Å²) < 4.78 is 0. The predicted molar refractivity (Wildman–Crippen MR) is 45.6 cm³/mol. The van der Waals surface area contributed by atoms with Crippen LogP contribution in [0.1, 0.15) is 11.8 Å². The Morgan fingerprint density at radius 2 is 2.45 bits per heavy atom. The summed E-state index contributed by atoms with van der Waals surface area (Å²) in [4.78, 5) is 11.2. The molecule has 0 spiro atoms. The van der Waals surface area contributed by atoms with E-state index >= 15 is 0 Å². The van der Waals surface area contributed by atoms with Crippen molar-refractivity contribution in [2.75, 3.05) is 0 Å². The van der Waals surface area contributed by atoms with Crippen molar-refractivity contribution in [3.05, 3.63) is 28.5 Å². The van der Waals surface area contributed by atoms with E-state index in [9.17, 15) is 9.90 Å². The standard InChI is InChI=1S/C8H8O2S/c1-6(9)5-7(10)8-3-2-4-11-8/h2-5,10H,1H3/b7-5-. The summed E-state index contributed by atoms with van der Waals surface area (Å²) in [6, 6.07) is 3.59. The Labute approximate surface area is 68.8 Å². The van der Waals surface area contributed by atoms with Crippen molar-refractivity contribution in [3.63, 3.8) is 0 Å². The highest BCUT2D eigenvalue weighted by atomic mass is 32.1. The van der Waals surface area contributed by atoms with E-state index in [1.165, 1.54) is 24.3 Å². The van der Waals surface area contributed by atoms with Gasteiger partial charge in [0.15, 0.2) is 5.78 Å². The molecule has 0 aromatic carbocycles. The van der Waals surface area contributed by atoms with Gasteiger partial charge in [-0.25, -0.2) is 0 Å². The fraction of sp³-hybridized carbons (Fsp3) is 0.125. The first-order valence-electron chi connectivity index (χ1n) is 3.15. The Morgan fingerprint density at radius 1 is 1.73 bits per heavy atom. The summed E-state index contributed by atoms with van der Waals surface area (Å²) >= 11 is 1.40. The highest BCUT2D eigenvalue weighted by Gasteiger charge is 1.99. The molecule has 0 atom stereocenters. The van der Waals surface area contributed by atoms with E-state index < -0.39 is 0 Å². The molecule has 0 bridgehead atoms. The lowest BCUT2D eigenvalue weighted by Crippen LogP contribution is -1.85. The molecular weight excluding hydrogens is 160 g/mol. The minimum absolute atomic E-state index is 0.0486. The Hall–Kier alpha value is -1.09. The summed E-state index contributed by atoms with van der Waals surface area (Å²) in [5.74, 6) is -0.0941. The molecular formula is C8H8O2S. The summed E-state index contributed by atoms with van der Waals surface area (Å²) in [6.07, 6.45) is 1.21. The normalized spacial score (nSPS) is 11.5. The number of hydrogen-bond acceptors (Lipinski definition) is 3. The number of ketones is 1. The predicted octanol–water partition coefficient (Wildman–Crippen LogP) is 2.24. The summed E-state index contributed by atoms with van der Waals surface area (Å²) in [5.41, 5.74) is 0. The molecule has 1 rings (SSSR count). The van der Waals surface area contributed by atoms with Crippen LogP contribution in [0.25, 0.3) is 5.76 Å². The van der Waals surface area contributed by atoms with Crippen LogP contribution in [0.2, 0.25) is 0 Å². The largest absolute Gasteiger partial charge is 0.506 e. The smallest absolute Gasteiger partial charge is 0.156 e. The average molecular weight is 168 g/mol. The maximum atomic E-state index is 10.5. The minimum atomic E-state index is -0.143. The molecule has 0 aliphatic rings. The number of aliphatic hydroxyl groups is 1. The van der Waals surface area contributed by atoms with Crippen molar-refractivity contribution in [1.82, 2.24) is 0 Å². The molecule has 3 heteroatoms. The van der Waals surface area contributed by atoms with E-state index in [0.717, 1.165) is 4.88 Å². The number of allylic oxidation sites excluding steroid dienone is 1. The van der Waals surface area contributed by atoms with Gasteiger partial charge in [0, 0.05) is 6.08 Å². The molecule has 1 heterocycles. The van der Waals surface area contributed by atoms with Crippen molar-refractivity contribution < 1.29 is 9.90 Å². The van der Waals surface area contributed by atoms with Gasteiger partial charge in [-0.1, -0.05) is 6.07 Å². The van der Waals surface area contributed by atoms with E-state index in [1.54, 1.807) is 6.07 Å². The van der Waals surface area contributed by atoms with Crippen molar-refractivity contribution in [1.29, 1.82) is 0 Å². The molecule has 0 aliphatic carbocycles. The number of hydrogen-bond donors (Lipinski definition) is 1. The Balaban J connectivity index is 2.86. The first kappa shape index (κ1) is 8.01. The van der Waals surface area contributed by atoms with E-state index in [4.69, 9.17) is 0 Å². The number of rotatable bonds is 2. The highest BCUT2D eigenvalue weighted by Crippen LogP contribution is 2.16. The zero-order valence-corrected chi connectivity index (χ0v) is 6.89. The van der Waals surface area contributed by atoms with E-state index in [2.05, 4.69) is 0 Å². The molecule has 58 valence electrons. The van der Waals surface area contributed by atoms with Gasteiger partial charge in [-0.15, -0.1) is 11.3 Å². The molecule has 0 radical (unpaired) electrons. The fourth-order valence-electron chi connectivity index (χ4n) is 0.688. The zero-order chi connectivity index (χ0) is 8.27. The second kappa shape index (κ2) is 3.34. The zero-order valence-electron chi connectivity index (χ0n) is 6.07. The maximum absolute atomic E-state index is 10.5. The molecule has 2 nitrogen and oxygen atoms in total. The Kier molecular flexibility index (Phi) is 2.44. The lowest BCUT2D eigenvalue weighted by molar-refractivity contribution is -0.112. The Morgan fingerprint density at radius 3 is 2.91 bits per heavy atom. The number of carbonyl (C=O) groups is 1. The summed E-state index contributed by atoms with van der Waals surface area (Å²) in [7, 11) is 0. The number of thiophene rings is 1. The third-order valence-electron chi connectivity index (χ3n) is 1.11. The topological polar surface area (TPSA) is 37.3 Å². The molecule has 1 aromatic rings. The van der Waals surface area contributed by atoms with Crippen LogP contribution in [0.3, 0.4) is 0 Å². The van der Waals surface area contributed by atoms with Crippen LogP contribution in [-0.4, -0.2) is 10.9 Å². The van der Waals surface area contributed by atoms with Crippen molar-refractivity contribution in [2.24, 2.45) is 0 Å². The quantitative estimate of drug-likeness (QED) is 0.543. The average Bonchev–Trinajstić information content (AvgIpc) is 2.35. The third-order valence-corrected chi connectivity index (χ3v) is 2.01. The van der Waals surface area contributed by atoms with Gasteiger partial charge in [-0.05, 0) is 18.4 Å². The summed E-state index contributed by atoms with van der Waals surface area (Å²) in [6.45, 7) is 1.41. The molecule has 11 heavy (non-hydrogen) atoms. The number of aliphatic hydroxyl groups excluding tert-OH is 1. The highest BCUT2D eigenvalue weighted by molar-refractivity contribution is 7.11. The van der Waals surface area contributed by atoms with Crippen LogP contribution in [0, 0.1) is 0 Å². The third kappa shape index (κ3) is 2.20. The van der Waals surface area contributed by atoms with Gasteiger partial charge in [0.1, 0.15) is 5.76 Å². The van der Waals surface area contributed by atoms with Crippen LogP contribution in [0.15, 0.2) is 23.6 Å². The van der Waals surface area contributed by atoms with Gasteiger partial charge in [0.05, 0.1) is 4.88 Å². The van der Waals surface area contributed by atoms with Gasteiger partial charge in [-0.2, -0.15) is 0 Å². The van der Waals surface area contributed by atoms with E-state index in [1.807, 2.05) is 11.4 Å². The molecule has 0 saturated heterocycles. The molecule has 0 saturated carbocycles. The molecule has 0 unspecified atom stereocenters. The first-order valence-corrected chi connectivity index (χ1v) is 4.03. The van der Waals surface area contributed by atoms with Crippen LogP contribution in [0.4, 0.5) is 0 Å². The molecule has 0 amide bonds. The van der Waals surface area contributed by atoms with Crippen molar-refractivity contribution in [2.45, 2.75) is 6.92 Å². The van der Waals surface area contributed by atoms with Gasteiger partial charge in [-0.3, -0.25) is 4.79 Å². The maximum Gasteiger partial charge on any atom is 0.156 e. The number of carbonyl (C=O) groups excluding carboxylic acids is 1. The summed E-state index contributed by atoms with van der Waals surface area (Å²) in [5, 5.41) is 11.1. The van der Waals surface area contributed by atoms with E-state index in [0.29, 0.717) is 0 Å². The SMILES string of the molecule is CC(=O)/C=C(\O)c1cccs1. The molecule has 1 N–H and O–H groups in total. The van der Waals surface area contributed by atoms with Crippen molar-refractivity contribution in [3.8, 4) is 0 Å². The van der Waals surface area contributed by atoms with Crippen molar-refractivity contribution >= 4 is 22.9 Å². The van der Waals surface area contributed by atoms with Crippen LogP contribution >= 0.6 is 11.3 Å². The van der Waals surface area contributed by atoms with E-state index in [-0.39, 0.29) is 11.5 Å². The molecule has 1 aromatic heterocycles. The Bertz CT molecular complexity index is 272. The molecule has 0 fully saturated rings. The van der Waals surface area contributed by atoms with Gasteiger partial charge < -0.3 is 5.11 Å². The second-order valence-electron chi connectivity index (χ2n) is 2.12. The lowest BCUT2D eigenvalue weighted by Gasteiger charge is -1.91. The minimum Gasteiger partial charge on any atom is -0.506 e. The lowest BCUT2D eigenvalue weighted by atomic mass is 10.3. The van der Waals surface area contributed by atoms with Gasteiger partial charge in [0.2, 0.25) is 0 Å². The van der Waals surface area contributed by atoms with Crippen LogP contribution < -0.4 is 0 Å². The monoisotopic (exact) mass is 168 g/mol. The van der Waals surface area contributed by atoms with Gasteiger partial charge >= 0.3 is 0 Å². The fourth-order valence-corrected chi connectivity index (χ4v) is 1.33. The second-order valence-corrected chi connectivity index (χ2v) is 3.07. The van der Waals surface area contributed by atoms with Gasteiger partial charge in [0.25, 0.3) is 0 Å². The van der Waals surface area contributed by atoms with Crippen LogP contribution in [0.5, 0.6) is 0 Å². The first-order chi connectivity index (χ1) is 5.20. The van der Waals surface area contributed by atoms with Crippen LogP contribution in [-0.2, 0) is 4.79 Å².